The second-order valence-corrected chi connectivity index (χ2v) is 7.03. The highest BCUT2D eigenvalue weighted by molar-refractivity contribution is 7.90. The molecule has 2 rings (SSSR count). The minimum atomic E-state index is -3.60. The lowest BCUT2D eigenvalue weighted by atomic mass is 10.2. The third-order valence-electron chi connectivity index (χ3n) is 3.15. The van der Waals surface area contributed by atoms with Crippen LogP contribution in [-0.4, -0.2) is 8.42 Å². The van der Waals surface area contributed by atoms with E-state index >= 15 is 0 Å². The number of nitrogens with zero attached hydrogens (tertiary/aromatic N) is 1. The maximum atomic E-state index is 12.5. The molecule has 21 heavy (non-hydrogen) atoms. The molecule has 0 radical (unpaired) electrons. The highest BCUT2D eigenvalue weighted by Gasteiger charge is 2.20. The molecule has 0 fully saturated rings. The van der Waals surface area contributed by atoms with E-state index in [0.29, 0.717) is 16.7 Å². The predicted octanol–water partition coefficient (Wildman–Crippen LogP) is 3.08. The van der Waals surface area contributed by atoms with Gasteiger partial charge < -0.3 is 5.73 Å². The Morgan fingerprint density at radius 1 is 1.29 bits per heavy atom. The quantitative estimate of drug-likeness (QED) is 0.881. The van der Waals surface area contributed by atoms with Crippen molar-refractivity contribution in [3.05, 3.63) is 58.1 Å². The lowest BCUT2D eigenvalue weighted by molar-refractivity contribution is 0.595. The number of nitrogens with two attached hydrogens (primary N) is 1. The average Bonchev–Trinajstić information content (AvgIpc) is 2.43. The zero-order valence-corrected chi connectivity index (χ0v) is 12.9. The van der Waals surface area contributed by atoms with Crippen molar-refractivity contribution in [2.24, 2.45) is 0 Å². The van der Waals surface area contributed by atoms with E-state index in [9.17, 15) is 8.42 Å². The summed E-state index contributed by atoms with van der Waals surface area (Å²) in [7, 11) is -3.60. The van der Waals surface area contributed by atoms with Crippen LogP contribution in [0, 0.1) is 18.3 Å². The normalized spacial score (nSPS) is 11.1. The first-order valence-electron chi connectivity index (χ1n) is 6.11. The molecule has 0 aliphatic heterocycles. The third-order valence-corrected chi connectivity index (χ3v) is 5.22. The van der Waals surface area contributed by atoms with E-state index in [4.69, 9.17) is 22.6 Å². The molecule has 0 atom stereocenters. The number of halogens is 1. The number of nitrogen functional groups attached to an aromatic ring is 1. The van der Waals surface area contributed by atoms with E-state index in [1.54, 1.807) is 25.1 Å². The van der Waals surface area contributed by atoms with Gasteiger partial charge in [0, 0.05) is 5.02 Å². The van der Waals surface area contributed by atoms with Crippen LogP contribution in [0.3, 0.4) is 0 Å². The van der Waals surface area contributed by atoms with Crippen molar-refractivity contribution < 1.29 is 8.42 Å². The molecule has 0 spiro atoms. The van der Waals surface area contributed by atoms with Gasteiger partial charge in [-0.3, -0.25) is 0 Å². The Labute approximate surface area is 128 Å². The van der Waals surface area contributed by atoms with Crippen LogP contribution in [0.2, 0.25) is 5.02 Å². The number of nitriles is 1. The van der Waals surface area contributed by atoms with Crippen LogP contribution in [0.25, 0.3) is 0 Å². The Kier molecular flexibility index (Phi) is 4.21. The van der Waals surface area contributed by atoms with Gasteiger partial charge in [0.2, 0.25) is 0 Å². The fraction of sp³-hybridized carbons (Fsp3) is 0.133. The summed E-state index contributed by atoms with van der Waals surface area (Å²) in [5.41, 5.74) is 7.64. The second kappa shape index (κ2) is 5.76. The SMILES string of the molecule is Cc1cccc(S(=O)(=O)Cc2ccc(C#N)cc2Cl)c1N. The van der Waals surface area contributed by atoms with Gasteiger partial charge in [-0.2, -0.15) is 5.26 Å². The molecule has 0 aliphatic carbocycles. The molecular formula is C15H13ClN2O2S. The number of anilines is 1. The highest BCUT2D eigenvalue weighted by atomic mass is 35.5. The molecular weight excluding hydrogens is 308 g/mol. The largest absolute Gasteiger partial charge is 0.397 e. The highest BCUT2D eigenvalue weighted by Crippen LogP contribution is 2.27. The molecule has 4 nitrogen and oxygen atoms in total. The molecule has 0 amide bonds. The predicted molar refractivity (Wildman–Crippen MR) is 82.6 cm³/mol. The van der Waals surface area contributed by atoms with Crippen molar-refractivity contribution >= 4 is 27.1 Å². The summed E-state index contributed by atoms with van der Waals surface area (Å²) in [6.45, 7) is 1.75. The summed E-state index contributed by atoms with van der Waals surface area (Å²) in [4.78, 5) is 0.0999. The third kappa shape index (κ3) is 3.18. The average molecular weight is 321 g/mol. The van der Waals surface area contributed by atoms with Crippen LogP contribution in [-0.2, 0) is 15.6 Å². The topological polar surface area (TPSA) is 84.0 Å². The minimum absolute atomic E-state index is 0.0999. The standard InChI is InChI=1S/C15H13ClN2O2S/c1-10-3-2-4-14(15(10)18)21(19,20)9-12-6-5-11(8-17)7-13(12)16/h2-7H,9,18H2,1H3. The molecule has 0 unspecified atom stereocenters. The van der Waals surface area contributed by atoms with Crippen LogP contribution in [0.1, 0.15) is 16.7 Å². The first-order chi connectivity index (χ1) is 9.85. The summed E-state index contributed by atoms with van der Waals surface area (Å²) in [5, 5.41) is 9.04. The van der Waals surface area contributed by atoms with Gasteiger partial charge in [0.25, 0.3) is 0 Å². The van der Waals surface area contributed by atoms with Crippen molar-refractivity contribution in [1.29, 1.82) is 5.26 Å². The van der Waals surface area contributed by atoms with Crippen LogP contribution in [0.4, 0.5) is 5.69 Å². The Morgan fingerprint density at radius 3 is 2.62 bits per heavy atom. The Bertz CT molecular complexity index is 839. The zero-order valence-electron chi connectivity index (χ0n) is 11.3. The van der Waals surface area contributed by atoms with E-state index < -0.39 is 9.84 Å². The number of rotatable bonds is 3. The fourth-order valence-electron chi connectivity index (χ4n) is 1.94. The van der Waals surface area contributed by atoms with Crippen molar-refractivity contribution in [2.45, 2.75) is 17.6 Å². The number of benzene rings is 2. The fourth-order valence-corrected chi connectivity index (χ4v) is 3.87. The summed E-state index contributed by atoms with van der Waals surface area (Å²) >= 11 is 6.03. The molecule has 0 aliphatic rings. The Balaban J connectivity index is 2.43. The van der Waals surface area contributed by atoms with Crippen LogP contribution < -0.4 is 5.73 Å². The van der Waals surface area contributed by atoms with Gasteiger partial charge in [-0.05, 0) is 36.2 Å². The first kappa shape index (κ1) is 15.4. The summed E-state index contributed by atoms with van der Waals surface area (Å²) in [6, 6.07) is 11.4. The molecule has 2 aromatic rings. The van der Waals surface area contributed by atoms with Crippen LogP contribution >= 0.6 is 11.6 Å². The van der Waals surface area contributed by atoms with E-state index in [2.05, 4.69) is 0 Å². The smallest absolute Gasteiger partial charge is 0.184 e. The Hall–Kier alpha value is -2.03. The molecule has 6 heteroatoms. The lowest BCUT2D eigenvalue weighted by Crippen LogP contribution is -2.09. The summed E-state index contributed by atoms with van der Waals surface area (Å²) < 4.78 is 25.0. The van der Waals surface area contributed by atoms with Gasteiger partial charge in [-0.1, -0.05) is 29.8 Å². The van der Waals surface area contributed by atoms with Crippen LogP contribution in [0.15, 0.2) is 41.3 Å². The van der Waals surface area contributed by atoms with Crippen molar-refractivity contribution in [2.75, 3.05) is 5.73 Å². The number of hydrogen-bond donors (Lipinski definition) is 1. The minimum Gasteiger partial charge on any atom is -0.397 e. The van der Waals surface area contributed by atoms with Gasteiger partial charge in [0.15, 0.2) is 9.84 Å². The van der Waals surface area contributed by atoms with E-state index in [-0.39, 0.29) is 21.4 Å². The summed E-state index contributed by atoms with van der Waals surface area (Å²) in [6.07, 6.45) is 0. The molecule has 0 saturated heterocycles. The maximum Gasteiger partial charge on any atom is 0.184 e. The van der Waals surface area contributed by atoms with Crippen molar-refractivity contribution in [3.8, 4) is 6.07 Å². The van der Waals surface area contributed by atoms with E-state index in [1.807, 2.05) is 6.07 Å². The van der Waals surface area contributed by atoms with Gasteiger partial charge in [0.05, 0.1) is 28.0 Å². The molecule has 0 aromatic heterocycles. The van der Waals surface area contributed by atoms with Gasteiger partial charge in [-0.15, -0.1) is 0 Å². The van der Waals surface area contributed by atoms with Gasteiger partial charge in [0.1, 0.15) is 0 Å². The van der Waals surface area contributed by atoms with Crippen molar-refractivity contribution in [1.82, 2.24) is 0 Å². The number of aryl methyl sites for hydroxylation is 1. The van der Waals surface area contributed by atoms with E-state index in [0.717, 1.165) is 0 Å². The monoisotopic (exact) mass is 320 g/mol. The van der Waals surface area contributed by atoms with Crippen molar-refractivity contribution in [3.63, 3.8) is 0 Å². The summed E-state index contributed by atoms with van der Waals surface area (Å²) in [5.74, 6) is -0.259. The number of hydrogen-bond acceptors (Lipinski definition) is 4. The second-order valence-electron chi connectivity index (χ2n) is 4.66. The molecule has 2 N–H and O–H groups in total. The zero-order chi connectivity index (χ0) is 15.6. The molecule has 0 bridgehead atoms. The number of para-hydroxylation sites is 1. The van der Waals surface area contributed by atoms with Gasteiger partial charge >= 0.3 is 0 Å². The first-order valence-corrected chi connectivity index (χ1v) is 8.14. The maximum absolute atomic E-state index is 12.5. The Morgan fingerprint density at radius 2 is 2.00 bits per heavy atom. The van der Waals surface area contributed by atoms with Crippen LogP contribution in [0.5, 0.6) is 0 Å². The molecule has 0 saturated carbocycles. The van der Waals surface area contributed by atoms with E-state index in [1.165, 1.54) is 18.2 Å². The molecule has 108 valence electrons. The molecule has 0 heterocycles. The lowest BCUT2D eigenvalue weighted by Gasteiger charge is -2.10. The van der Waals surface area contributed by atoms with Gasteiger partial charge in [-0.25, -0.2) is 8.42 Å². The molecule has 2 aromatic carbocycles. The number of sulfone groups is 1.